The van der Waals surface area contributed by atoms with Crippen molar-refractivity contribution in [3.63, 3.8) is 0 Å². The number of hydrogen-bond donors (Lipinski definition) is 2. The van der Waals surface area contributed by atoms with E-state index in [1.807, 2.05) is 0 Å². The van der Waals surface area contributed by atoms with Gasteiger partial charge in [-0.1, -0.05) is 6.07 Å². The average molecular weight is 387 g/mol. The number of halogens is 1. The molecule has 0 aliphatic rings. The smallest absolute Gasteiger partial charge is 0.293 e. The zero-order valence-corrected chi connectivity index (χ0v) is 15.2. The molecule has 0 unspecified atom stereocenters. The first kappa shape index (κ1) is 20.5. The van der Waals surface area contributed by atoms with Crippen molar-refractivity contribution >= 4 is 35.1 Å². The van der Waals surface area contributed by atoms with E-state index < -0.39 is 29.0 Å². The van der Waals surface area contributed by atoms with Crippen molar-refractivity contribution in [1.82, 2.24) is 5.43 Å². The van der Waals surface area contributed by atoms with Crippen molar-refractivity contribution in [1.29, 1.82) is 0 Å². The van der Waals surface area contributed by atoms with Crippen molar-refractivity contribution in [2.75, 3.05) is 24.3 Å². The Balaban J connectivity index is 1.92. The molecule has 9 nitrogen and oxygen atoms in total. The van der Waals surface area contributed by atoms with Gasteiger partial charge in [0.25, 0.3) is 5.69 Å². The maximum atomic E-state index is 12.8. The number of hydrogen-bond acceptors (Lipinski definition) is 6. The lowest BCUT2D eigenvalue weighted by Crippen LogP contribution is -2.24. The molecule has 2 aromatic carbocycles. The molecule has 146 valence electrons. The van der Waals surface area contributed by atoms with Crippen LogP contribution in [0.4, 0.5) is 21.5 Å². The molecule has 0 heterocycles. The molecule has 0 saturated heterocycles. The van der Waals surface area contributed by atoms with E-state index in [0.717, 1.165) is 0 Å². The molecule has 0 aromatic heterocycles. The van der Waals surface area contributed by atoms with Gasteiger partial charge in [0.2, 0.25) is 11.8 Å². The molecular weight excluding hydrogens is 369 g/mol. The van der Waals surface area contributed by atoms with Gasteiger partial charge in [-0.3, -0.25) is 19.7 Å². The van der Waals surface area contributed by atoms with Crippen LogP contribution in [0.5, 0.6) is 0 Å². The largest absolute Gasteiger partial charge is 0.372 e. The maximum Gasteiger partial charge on any atom is 0.293 e. The quantitative estimate of drug-likeness (QED) is 0.327. The summed E-state index contributed by atoms with van der Waals surface area (Å²) in [6.07, 6.45) is 0.747. The summed E-state index contributed by atoms with van der Waals surface area (Å²) in [5, 5.41) is 17.3. The normalized spacial score (nSPS) is 10.5. The van der Waals surface area contributed by atoms with Crippen molar-refractivity contribution in [2.45, 2.75) is 6.42 Å². The first-order valence-electron chi connectivity index (χ1n) is 8.09. The van der Waals surface area contributed by atoms with Crippen LogP contribution in [0, 0.1) is 15.9 Å². The van der Waals surface area contributed by atoms with Crippen LogP contribution in [-0.4, -0.2) is 37.0 Å². The predicted octanol–water partition coefficient (Wildman–Crippen LogP) is 2.28. The van der Waals surface area contributed by atoms with Gasteiger partial charge in [0, 0.05) is 31.4 Å². The molecule has 0 spiro atoms. The Morgan fingerprint density at radius 1 is 1.18 bits per heavy atom. The lowest BCUT2D eigenvalue weighted by Gasteiger charge is -2.12. The van der Waals surface area contributed by atoms with Gasteiger partial charge in [0.05, 0.1) is 11.1 Å². The summed E-state index contributed by atoms with van der Waals surface area (Å²) in [4.78, 5) is 35.8. The van der Waals surface area contributed by atoms with Crippen molar-refractivity contribution < 1.29 is 18.9 Å². The number of carbonyl (C=O) groups is 2. The third-order valence-electron chi connectivity index (χ3n) is 3.53. The minimum Gasteiger partial charge on any atom is -0.372 e. The summed E-state index contributed by atoms with van der Waals surface area (Å²) in [7, 11) is 3.38. The third kappa shape index (κ3) is 5.87. The number of rotatable bonds is 7. The van der Waals surface area contributed by atoms with Gasteiger partial charge >= 0.3 is 0 Å². The molecule has 0 aliphatic heterocycles. The second-order valence-corrected chi connectivity index (χ2v) is 5.92. The van der Waals surface area contributed by atoms with Crippen LogP contribution in [0.1, 0.15) is 12.0 Å². The number of nitro groups is 1. The molecule has 28 heavy (non-hydrogen) atoms. The Bertz CT molecular complexity index is 913. The average Bonchev–Trinajstić information content (AvgIpc) is 2.63. The van der Waals surface area contributed by atoms with E-state index in [-0.39, 0.29) is 5.69 Å². The number of nitrogens with one attached hydrogen (secondary N) is 2. The Morgan fingerprint density at radius 2 is 1.86 bits per heavy atom. The van der Waals surface area contributed by atoms with Gasteiger partial charge in [0.15, 0.2) is 0 Å². The lowest BCUT2D eigenvalue weighted by atomic mass is 10.2. The Morgan fingerprint density at radius 3 is 2.46 bits per heavy atom. The first-order valence-corrected chi connectivity index (χ1v) is 8.09. The minimum absolute atomic E-state index is 0.0982. The van der Waals surface area contributed by atoms with E-state index in [1.54, 1.807) is 31.1 Å². The molecule has 0 atom stereocenters. The number of carbonyl (C=O) groups excluding carboxylic acids is 2. The molecule has 10 heteroatoms. The van der Waals surface area contributed by atoms with Crippen LogP contribution in [0.3, 0.4) is 0 Å². The van der Waals surface area contributed by atoms with Crippen LogP contribution in [-0.2, 0) is 9.59 Å². The molecule has 2 amide bonds. The molecule has 0 radical (unpaired) electrons. The molecule has 0 fully saturated rings. The number of amides is 2. The van der Waals surface area contributed by atoms with Gasteiger partial charge in [0.1, 0.15) is 17.9 Å². The van der Waals surface area contributed by atoms with Gasteiger partial charge in [-0.15, -0.1) is 0 Å². The van der Waals surface area contributed by atoms with Crippen molar-refractivity contribution in [2.24, 2.45) is 5.10 Å². The fraction of sp³-hybridized carbons (Fsp3) is 0.167. The van der Waals surface area contributed by atoms with Gasteiger partial charge in [-0.2, -0.15) is 5.10 Å². The Kier molecular flexibility index (Phi) is 6.74. The van der Waals surface area contributed by atoms with Crippen LogP contribution >= 0.6 is 0 Å². The lowest BCUT2D eigenvalue weighted by molar-refractivity contribution is -0.384. The molecular formula is C18H18FN5O4. The Hall–Kier alpha value is -3.82. The standard InChI is InChI=1S/C18H18FN5O4/c1-23(2)15-8-3-12(9-16(15)24(27)28)11-20-22-18(26)10-17(25)21-14-6-4-13(19)5-7-14/h3-9,11H,10H2,1-2H3,(H,21,25)(H,22,26). The van der Waals surface area contributed by atoms with Crippen molar-refractivity contribution in [3.05, 3.63) is 64.0 Å². The highest BCUT2D eigenvalue weighted by Gasteiger charge is 2.15. The van der Waals surface area contributed by atoms with E-state index in [4.69, 9.17) is 0 Å². The van der Waals surface area contributed by atoms with E-state index in [1.165, 1.54) is 36.5 Å². The zero-order valence-electron chi connectivity index (χ0n) is 15.2. The second-order valence-electron chi connectivity index (χ2n) is 5.92. The van der Waals surface area contributed by atoms with E-state index in [2.05, 4.69) is 15.8 Å². The fourth-order valence-corrected chi connectivity index (χ4v) is 2.25. The molecule has 0 bridgehead atoms. The first-order chi connectivity index (χ1) is 13.3. The van der Waals surface area contributed by atoms with Gasteiger partial charge in [-0.05, 0) is 30.3 Å². The van der Waals surface area contributed by atoms with Gasteiger partial charge in [-0.25, -0.2) is 9.82 Å². The highest BCUT2D eigenvalue weighted by molar-refractivity contribution is 6.03. The number of anilines is 2. The number of benzene rings is 2. The Labute approximate surface area is 160 Å². The molecule has 0 saturated carbocycles. The highest BCUT2D eigenvalue weighted by Crippen LogP contribution is 2.27. The second kappa shape index (κ2) is 9.21. The summed E-state index contributed by atoms with van der Waals surface area (Å²) in [5.41, 5.74) is 3.28. The molecule has 2 aromatic rings. The monoisotopic (exact) mass is 387 g/mol. The molecule has 2 N–H and O–H groups in total. The van der Waals surface area contributed by atoms with E-state index >= 15 is 0 Å². The summed E-state index contributed by atoms with van der Waals surface area (Å²) in [5.74, 6) is -1.70. The molecule has 2 rings (SSSR count). The SMILES string of the molecule is CN(C)c1ccc(C=NNC(=O)CC(=O)Nc2ccc(F)cc2)cc1[N+](=O)[O-]. The zero-order chi connectivity index (χ0) is 20.7. The topological polar surface area (TPSA) is 117 Å². The van der Waals surface area contributed by atoms with Crippen LogP contribution in [0.15, 0.2) is 47.6 Å². The van der Waals surface area contributed by atoms with Crippen LogP contribution in [0.25, 0.3) is 0 Å². The van der Waals surface area contributed by atoms with Crippen LogP contribution < -0.4 is 15.6 Å². The number of nitrogens with zero attached hydrogens (tertiary/aromatic N) is 3. The minimum atomic E-state index is -0.671. The molecule has 0 aliphatic carbocycles. The third-order valence-corrected chi connectivity index (χ3v) is 3.53. The van der Waals surface area contributed by atoms with E-state index in [0.29, 0.717) is 16.9 Å². The van der Waals surface area contributed by atoms with Gasteiger partial charge < -0.3 is 10.2 Å². The number of nitro benzene ring substituents is 1. The fourth-order valence-electron chi connectivity index (χ4n) is 2.25. The summed E-state index contributed by atoms with van der Waals surface area (Å²) in [6.45, 7) is 0. The summed E-state index contributed by atoms with van der Waals surface area (Å²) in [6, 6.07) is 9.60. The van der Waals surface area contributed by atoms with E-state index in [9.17, 15) is 24.1 Å². The van der Waals surface area contributed by atoms with Crippen LogP contribution in [0.2, 0.25) is 0 Å². The summed E-state index contributed by atoms with van der Waals surface area (Å²) >= 11 is 0. The number of hydrazone groups is 1. The highest BCUT2D eigenvalue weighted by atomic mass is 19.1. The summed E-state index contributed by atoms with van der Waals surface area (Å²) < 4.78 is 12.8. The predicted molar refractivity (Wildman–Crippen MR) is 103 cm³/mol. The van der Waals surface area contributed by atoms with Crippen molar-refractivity contribution in [3.8, 4) is 0 Å². The maximum absolute atomic E-state index is 12.8.